The standard InChI is InChI=1S/C14H17ClN4O2/c1-11-8-14(12(15)9-13(11)19(20)21)17(2)5-3-6-18-7-4-16-10-18/h4,7-10H,3,5-6H2,1-2H3. The molecule has 0 N–H and O–H groups in total. The maximum Gasteiger partial charge on any atom is 0.273 e. The molecule has 1 heterocycles. The first-order chi connectivity index (χ1) is 9.99. The molecule has 0 unspecified atom stereocenters. The van der Waals surface area contributed by atoms with Crippen LogP contribution in [0.3, 0.4) is 0 Å². The van der Waals surface area contributed by atoms with Crippen molar-refractivity contribution >= 4 is 23.0 Å². The molecule has 6 nitrogen and oxygen atoms in total. The summed E-state index contributed by atoms with van der Waals surface area (Å²) in [5.74, 6) is 0. The number of aromatic nitrogens is 2. The molecule has 2 rings (SSSR count). The molecule has 0 spiro atoms. The maximum atomic E-state index is 10.9. The van der Waals surface area contributed by atoms with E-state index in [4.69, 9.17) is 11.6 Å². The third-order valence-corrected chi connectivity index (χ3v) is 3.65. The molecule has 0 saturated heterocycles. The van der Waals surface area contributed by atoms with Crippen molar-refractivity contribution in [3.8, 4) is 0 Å². The first kappa shape index (κ1) is 15.3. The van der Waals surface area contributed by atoms with E-state index in [1.807, 2.05) is 22.7 Å². The highest BCUT2D eigenvalue weighted by atomic mass is 35.5. The Labute approximate surface area is 128 Å². The number of nitro benzene ring substituents is 1. The smallest absolute Gasteiger partial charge is 0.273 e. The van der Waals surface area contributed by atoms with Crippen molar-refractivity contribution in [2.24, 2.45) is 0 Å². The minimum absolute atomic E-state index is 0.0514. The molecule has 0 saturated carbocycles. The van der Waals surface area contributed by atoms with Gasteiger partial charge in [0.25, 0.3) is 5.69 Å². The van der Waals surface area contributed by atoms with Crippen LogP contribution < -0.4 is 4.90 Å². The van der Waals surface area contributed by atoms with Gasteiger partial charge in [-0.15, -0.1) is 0 Å². The number of anilines is 1. The Hall–Kier alpha value is -2.08. The van der Waals surface area contributed by atoms with Gasteiger partial charge in [0.05, 0.1) is 22.0 Å². The van der Waals surface area contributed by atoms with E-state index in [0.29, 0.717) is 10.6 Å². The van der Waals surface area contributed by atoms with Crippen LogP contribution in [-0.2, 0) is 6.54 Å². The van der Waals surface area contributed by atoms with E-state index >= 15 is 0 Å². The summed E-state index contributed by atoms with van der Waals surface area (Å²) in [6.07, 6.45) is 6.38. The fourth-order valence-corrected chi connectivity index (χ4v) is 2.48. The molecule has 0 atom stereocenters. The Morgan fingerprint density at radius 3 is 2.86 bits per heavy atom. The molecule has 0 aliphatic carbocycles. The second kappa shape index (κ2) is 6.58. The van der Waals surface area contributed by atoms with E-state index in [1.165, 1.54) is 6.07 Å². The van der Waals surface area contributed by atoms with Gasteiger partial charge in [0.2, 0.25) is 0 Å². The molecule has 0 fully saturated rings. The second-order valence-electron chi connectivity index (χ2n) is 4.92. The highest BCUT2D eigenvalue weighted by Crippen LogP contribution is 2.32. The molecule has 0 bridgehead atoms. The SMILES string of the molecule is Cc1cc(N(C)CCCn2ccnc2)c(Cl)cc1[N+](=O)[O-]. The fraction of sp³-hybridized carbons (Fsp3) is 0.357. The van der Waals surface area contributed by atoms with Crippen LogP contribution in [0.5, 0.6) is 0 Å². The van der Waals surface area contributed by atoms with E-state index in [1.54, 1.807) is 25.5 Å². The van der Waals surface area contributed by atoms with Gasteiger partial charge in [-0.05, 0) is 19.4 Å². The first-order valence-corrected chi connectivity index (χ1v) is 6.98. The number of rotatable bonds is 6. The van der Waals surface area contributed by atoms with Crippen LogP contribution in [0.2, 0.25) is 5.02 Å². The highest BCUT2D eigenvalue weighted by Gasteiger charge is 2.16. The van der Waals surface area contributed by atoms with Gasteiger partial charge in [-0.3, -0.25) is 10.1 Å². The zero-order valence-corrected chi connectivity index (χ0v) is 12.7. The summed E-state index contributed by atoms with van der Waals surface area (Å²) in [4.78, 5) is 16.5. The molecular formula is C14H17ClN4O2. The Morgan fingerprint density at radius 2 is 2.24 bits per heavy atom. The van der Waals surface area contributed by atoms with Gasteiger partial charge in [0, 0.05) is 44.2 Å². The van der Waals surface area contributed by atoms with Crippen LogP contribution in [-0.4, -0.2) is 28.1 Å². The molecule has 2 aromatic rings. The van der Waals surface area contributed by atoms with Crippen LogP contribution in [0.15, 0.2) is 30.9 Å². The number of aryl methyl sites for hydroxylation is 2. The summed E-state index contributed by atoms with van der Waals surface area (Å²) in [6, 6.07) is 3.18. The lowest BCUT2D eigenvalue weighted by Crippen LogP contribution is -2.20. The molecule has 0 aliphatic rings. The third kappa shape index (κ3) is 3.72. The largest absolute Gasteiger partial charge is 0.373 e. The topological polar surface area (TPSA) is 64.2 Å². The highest BCUT2D eigenvalue weighted by molar-refractivity contribution is 6.33. The fourth-order valence-electron chi connectivity index (χ4n) is 2.17. The van der Waals surface area contributed by atoms with Crippen LogP contribution in [0, 0.1) is 17.0 Å². The predicted octanol–water partition coefficient (Wildman–Crippen LogP) is 3.28. The molecular weight excluding hydrogens is 292 g/mol. The number of imidazole rings is 1. The summed E-state index contributed by atoms with van der Waals surface area (Å²) in [5, 5.41) is 11.3. The van der Waals surface area contributed by atoms with Gasteiger partial charge in [0.1, 0.15) is 0 Å². The van der Waals surface area contributed by atoms with E-state index < -0.39 is 4.92 Å². The van der Waals surface area contributed by atoms with Crippen molar-refractivity contribution < 1.29 is 4.92 Å². The summed E-state index contributed by atoms with van der Waals surface area (Å²) in [6.45, 7) is 3.39. The van der Waals surface area contributed by atoms with Crippen LogP contribution in [0.25, 0.3) is 0 Å². The summed E-state index contributed by atoms with van der Waals surface area (Å²) >= 11 is 6.16. The Balaban J connectivity index is 2.03. The van der Waals surface area contributed by atoms with Crippen molar-refractivity contribution in [1.29, 1.82) is 0 Å². The van der Waals surface area contributed by atoms with Gasteiger partial charge in [-0.25, -0.2) is 4.98 Å². The summed E-state index contributed by atoms with van der Waals surface area (Å²) < 4.78 is 2.01. The number of hydrogen-bond acceptors (Lipinski definition) is 4. The third-order valence-electron chi connectivity index (χ3n) is 3.34. The first-order valence-electron chi connectivity index (χ1n) is 6.60. The lowest BCUT2D eigenvalue weighted by atomic mass is 10.1. The molecule has 1 aromatic carbocycles. The van der Waals surface area contributed by atoms with Gasteiger partial charge in [-0.2, -0.15) is 0 Å². The molecule has 0 aliphatic heterocycles. The van der Waals surface area contributed by atoms with Crippen LogP contribution in [0.1, 0.15) is 12.0 Å². The van der Waals surface area contributed by atoms with E-state index in [0.717, 1.165) is 25.2 Å². The van der Waals surface area contributed by atoms with Crippen molar-refractivity contribution in [1.82, 2.24) is 9.55 Å². The molecule has 1 aromatic heterocycles. The maximum absolute atomic E-state index is 10.9. The van der Waals surface area contributed by atoms with E-state index in [9.17, 15) is 10.1 Å². The minimum atomic E-state index is -0.413. The van der Waals surface area contributed by atoms with E-state index in [-0.39, 0.29) is 5.69 Å². The van der Waals surface area contributed by atoms with Gasteiger partial charge in [-0.1, -0.05) is 11.6 Å². The molecule has 0 amide bonds. The molecule has 0 radical (unpaired) electrons. The summed E-state index contributed by atoms with van der Waals surface area (Å²) in [5.41, 5.74) is 1.47. The lowest BCUT2D eigenvalue weighted by molar-refractivity contribution is -0.385. The van der Waals surface area contributed by atoms with Gasteiger partial charge < -0.3 is 9.47 Å². The van der Waals surface area contributed by atoms with Crippen LogP contribution >= 0.6 is 11.6 Å². The monoisotopic (exact) mass is 308 g/mol. The van der Waals surface area contributed by atoms with Gasteiger partial charge in [0.15, 0.2) is 0 Å². The molecule has 7 heteroatoms. The van der Waals surface area contributed by atoms with Crippen molar-refractivity contribution in [2.75, 3.05) is 18.5 Å². The molecule has 21 heavy (non-hydrogen) atoms. The average molecular weight is 309 g/mol. The average Bonchev–Trinajstić information content (AvgIpc) is 2.93. The predicted molar refractivity (Wildman–Crippen MR) is 83.0 cm³/mol. The number of nitro groups is 1. The van der Waals surface area contributed by atoms with Gasteiger partial charge >= 0.3 is 0 Å². The number of halogens is 1. The summed E-state index contributed by atoms with van der Waals surface area (Å²) in [7, 11) is 1.93. The van der Waals surface area contributed by atoms with Crippen molar-refractivity contribution in [3.05, 3.63) is 51.6 Å². The van der Waals surface area contributed by atoms with Crippen LogP contribution in [0.4, 0.5) is 11.4 Å². The number of hydrogen-bond donors (Lipinski definition) is 0. The minimum Gasteiger partial charge on any atom is -0.373 e. The Bertz CT molecular complexity index is 628. The lowest BCUT2D eigenvalue weighted by Gasteiger charge is -2.21. The number of nitrogens with zero attached hydrogens (tertiary/aromatic N) is 4. The van der Waals surface area contributed by atoms with Crippen molar-refractivity contribution in [2.45, 2.75) is 19.9 Å². The quantitative estimate of drug-likeness (QED) is 0.607. The zero-order chi connectivity index (χ0) is 15.4. The second-order valence-corrected chi connectivity index (χ2v) is 5.33. The normalized spacial score (nSPS) is 10.6. The Morgan fingerprint density at radius 1 is 1.48 bits per heavy atom. The zero-order valence-electron chi connectivity index (χ0n) is 12.0. The Kier molecular flexibility index (Phi) is 4.80. The number of benzene rings is 1. The van der Waals surface area contributed by atoms with E-state index in [2.05, 4.69) is 4.98 Å². The molecule has 112 valence electrons. The van der Waals surface area contributed by atoms with Crippen molar-refractivity contribution in [3.63, 3.8) is 0 Å².